The fourth-order valence-corrected chi connectivity index (χ4v) is 2.35. The molecule has 9 nitrogen and oxygen atoms in total. The van der Waals surface area contributed by atoms with Crippen LogP contribution in [0.3, 0.4) is 0 Å². The third-order valence-corrected chi connectivity index (χ3v) is 3.74. The summed E-state index contributed by atoms with van der Waals surface area (Å²) in [7, 11) is -2.17. The van der Waals surface area contributed by atoms with Crippen molar-refractivity contribution in [3.05, 3.63) is 0 Å². The molecule has 0 aliphatic carbocycles. The monoisotopic (exact) mass is 411 g/mol. The fourth-order valence-electron chi connectivity index (χ4n) is 2.35. The number of nitrogens with zero attached hydrogens (tertiary/aromatic N) is 1. The number of carbonyl (C=O) groups is 1. The summed E-state index contributed by atoms with van der Waals surface area (Å²) in [4.78, 5) is 12.0. The van der Waals surface area contributed by atoms with Gasteiger partial charge in [0, 0.05) is 26.1 Å². The van der Waals surface area contributed by atoms with E-state index in [9.17, 15) is 4.79 Å². The first-order chi connectivity index (χ1) is 13.3. The Morgan fingerprint density at radius 2 is 1.04 bits per heavy atom. The molecule has 0 aromatic rings. The van der Waals surface area contributed by atoms with Gasteiger partial charge in [-0.25, -0.2) is 0 Å². The molecular weight excluding hydrogens is 369 g/mol. The normalized spacial score (nSPS) is 10.0. The second-order valence-electron chi connectivity index (χ2n) is 6.33. The van der Waals surface area contributed by atoms with Gasteiger partial charge in [-0.3, -0.25) is 9.69 Å². The zero-order valence-electron chi connectivity index (χ0n) is 17.4. The van der Waals surface area contributed by atoms with Crippen molar-refractivity contribution in [2.75, 3.05) is 39.5 Å². The van der Waals surface area contributed by atoms with Crippen LogP contribution in [0.15, 0.2) is 0 Å². The predicted octanol–water partition coefficient (Wildman–Crippen LogP) is 0.205. The van der Waals surface area contributed by atoms with E-state index in [-0.39, 0.29) is 19.8 Å². The van der Waals surface area contributed by atoms with Crippen molar-refractivity contribution in [2.24, 2.45) is 0 Å². The van der Waals surface area contributed by atoms with Crippen LogP contribution < -0.4 is 0 Å². The number of hydrogen-bond acceptors (Lipinski definition) is 8. The molecule has 7 N–H and O–H groups in total. The maximum atomic E-state index is 10.2. The van der Waals surface area contributed by atoms with E-state index < -0.39 is 13.3 Å². The van der Waals surface area contributed by atoms with Crippen LogP contribution in [0.2, 0.25) is 0 Å². The molecule has 0 saturated heterocycles. The van der Waals surface area contributed by atoms with E-state index in [1.54, 1.807) is 4.90 Å². The van der Waals surface area contributed by atoms with Gasteiger partial charge in [-0.15, -0.1) is 0 Å². The average molecular weight is 411 g/mol. The van der Waals surface area contributed by atoms with Crippen molar-refractivity contribution in [1.29, 1.82) is 0 Å². The first-order valence-electron chi connectivity index (χ1n) is 10.2. The second-order valence-corrected chi connectivity index (χ2v) is 6.33. The first-order valence-corrected chi connectivity index (χ1v) is 10.2. The summed E-state index contributed by atoms with van der Waals surface area (Å²) < 4.78 is 0. The highest BCUT2D eigenvalue weighted by Gasteiger charge is 2.00. The van der Waals surface area contributed by atoms with Crippen molar-refractivity contribution >= 4 is 13.3 Å². The van der Waals surface area contributed by atoms with Gasteiger partial charge in [0.05, 0.1) is 19.8 Å². The van der Waals surface area contributed by atoms with Crippen molar-refractivity contribution in [2.45, 2.75) is 71.1 Å². The maximum Gasteiger partial charge on any atom is 0.631 e. The van der Waals surface area contributed by atoms with E-state index >= 15 is 0 Å². The number of carboxylic acids is 1. The average Bonchev–Trinajstić information content (AvgIpc) is 2.61. The van der Waals surface area contributed by atoms with Gasteiger partial charge in [0.1, 0.15) is 0 Å². The minimum absolute atomic E-state index is 0.0694. The molecule has 0 aliphatic heterocycles. The standard InChI is InChI=1S/C12H24O2.C6H15NO3.BH3O3/c1-2-3-4-5-6-7-8-9-10-11-12(13)14;8-4-1-7(2-5-9)3-6-10;2-1(3)4/h2-11H2,1H3,(H,13,14);8-10H,1-6H2;2-4H. The summed E-state index contributed by atoms with van der Waals surface area (Å²) in [5.74, 6) is -0.659. The van der Waals surface area contributed by atoms with Gasteiger partial charge >= 0.3 is 13.3 Å². The molecular formula is C18H42BNO8. The van der Waals surface area contributed by atoms with Gasteiger partial charge < -0.3 is 35.5 Å². The third-order valence-electron chi connectivity index (χ3n) is 3.74. The lowest BCUT2D eigenvalue weighted by molar-refractivity contribution is -0.137. The van der Waals surface area contributed by atoms with Gasteiger partial charge in [0.2, 0.25) is 0 Å². The number of carboxylic acid groups (broad SMARTS) is 1. The maximum absolute atomic E-state index is 10.2. The molecule has 0 aliphatic rings. The Morgan fingerprint density at radius 1 is 0.714 bits per heavy atom. The van der Waals surface area contributed by atoms with E-state index in [1.165, 1.54) is 44.9 Å². The quantitative estimate of drug-likeness (QED) is 0.139. The number of hydrogen-bond donors (Lipinski definition) is 7. The highest BCUT2D eigenvalue weighted by molar-refractivity contribution is 6.30. The van der Waals surface area contributed by atoms with Gasteiger partial charge in [0.25, 0.3) is 0 Å². The van der Waals surface area contributed by atoms with E-state index in [0.29, 0.717) is 26.1 Å². The van der Waals surface area contributed by atoms with Crippen LogP contribution in [0.1, 0.15) is 71.1 Å². The molecule has 0 saturated carbocycles. The van der Waals surface area contributed by atoms with E-state index in [0.717, 1.165) is 12.8 Å². The molecule has 170 valence electrons. The van der Waals surface area contributed by atoms with Crippen molar-refractivity contribution < 1.29 is 40.3 Å². The highest BCUT2D eigenvalue weighted by atomic mass is 16.5. The SMILES string of the molecule is CCCCCCCCCCCC(=O)O.OB(O)O.OCCN(CCO)CCO. The van der Waals surface area contributed by atoms with Gasteiger partial charge in [0.15, 0.2) is 0 Å². The summed E-state index contributed by atoms with van der Waals surface area (Å²) >= 11 is 0. The van der Waals surface area contributed by atoms with Crippen LogP contribution in [0, 0.1) is 0 Å². The smallest absolute Gasteiger partial charge is 0.481 e. The fraction of sp³-hybridized carbons (Fsp3) is 0.944. The van der Waals surface area contributed by atoms with Gasteiger partial charge in [-0.05, 0) is 6.42 Å². The number of aliphatic carboxylic acids is 1. The zero-order chi connectivity index (χ0) is 22.0. The van der Waals surface area contributed by atoms with Crippen LogP contribution >= 0.6 is 0 Å². The predicted molar refractivity (Wildman–Crippen MR) is 110 cm³/mol. The molecule has 0 radical (unpaired) electrons. The molecule has 0 bridgehead atoms. The van der Waals surface area contributed by atoms with Crippen LogP contribution in [0.5, 0.6) is 0 Å². The first kappa shape index (κ1) is 31.9. The lowest BCUT2D eigenvalue weighted by atomic mass is 10.1. The number of rotatable bonds is 16. The topological polar surface area (TPSA) is 162 Å². The lowest BCUT2D eigenvalue weighted by Crippen LogP contribution is -2.32. The molecule has 0 atom stereocenters. The molecule has 0 fully saturated rings. The minimum atomic E-state index is -2.17. The van der Waals surface area contributed by atoms with Crippen LogP contribution in [0.25, 0.3) is 0 Å². The molecule has 0 amide bonds. The summed E-state index contributed by atoms with van der Waals surface area (Å²) in [5.41, 5.74) is 0. The number of aliphatic hydroxyl groups is 3. The Hall–Kier alpha value is -0.745. The molecule has 28 heavy (non-hydrogen) atoms. The highest BCUT2D eigenvalue weighted by Crippen LogP contribution is 2.10. The Morgan fingerprint density at radius 3 is 1.32 bits per heavy atom. The Balaban J connectivity index is -0.000000388. The van der Waals surface area contributed by atoms with E-state index in [1.807, 2.05) is 0 Å². The lowest BCUT2D eigenvalue weighted by Gasteiger charge is -2.17. The largest absolute Gasteiger partial charge is 0.631 e. The van der Waals surface area contributed by atoms with Crippen molar-refractivity contribution in [3.8, 4) is 0 Å². The van der Waals surface area contributed by atoms with Gasteiger partial charge in [-0.2, -0.15) is 0 Å². The van der Waals surface area contributed by atoms with Crippen LogP contribution in [0.4, 0.5) is 0 Å². The molecule has 0 heterocycles. The number of aliphatic hydroxyl groups excluding tert-OH is 3. The Labute approximate surface area is 169 Å². The summed E-state index contributed by atoms with van der Waals surface area (Å²) in [6.07, 6.45) is 11.5. The van der Waals surface area contributed by atoms with Crippen LogP contribution in [-0.2, 0) is 4.79 Å². The minimum Gasteiger partial charge on any atom is -0.481 e. The van der Waals surface area contributed by atoms with Crippen molar-refractivity contribution in [3.63, 3.8) is 0 Å². The summed E-state index contributed by atoms with van der Waals surface area (Å²) in [6.45, 7) is 3.98. The second kappa shape index (κ2) is 28.5. The van der Waals surface area contributed by atoms with E-state index in [2.05, 4.69) is 6.92 Å². The molecule has 0 unspecified atom stereocenters. The van der Waals surface area contributed by atoms with E-state index in [4.69, 9.17) is 35.5 Å². The molecule has 0 spiro atoms. The summed E-state index contributed by atoms with van der Waals surface area (Å²) in [6, 6.07) is 0. The molecule has 0 aromatic heterocycles. The Bertz CT molecular complexity index is 282. The summed E-state index contributed by atoms with van der Waals surface area (Å²) in [5, 5.41) is 55.4. The number of unbranched alkanes of at least 4 members (excludes halogenated alkanes) is 8. The molecule has 0 rings (SSSR count). The molecule has 0 aromatic carbocycles. The Kier molecular flexibility index (Phi) is 32.5. The zero-order valence-corrected chi connectivity index (χ0v) is 17.4. The molecule has 10 heteroatoms. The van der Waals surface area contributed by atoms with Gasteiger partial charge in [-0.1, -0.05) is 58.3 Å². The van der Waals surface area contributed by atoms with Crippen LogP contribution in [-0.4, -0.2) is 93.1 Å². The third kappa shape index (κ3) is 40.1. The van der Waals surface area contributed by atoms with Crippen molar-refractivity contribution in [1.82, 2.24) is 4.90 Å².